The average molecular weight is 302 g/mol. The van der Waals surface area contributed by atoms with Crippen LogP contribution in [0.1, 0.15) is 0 Å². The van der Waals surface area contributed by atoms with Crippen molar-refractivity contribution in [3.63, 3.8) is 0 Å². The van der Waals surface area contributed by atoms with Crippen LogP contribution >= 0.6 is 11.6 Å². The van der Waals surface area contributed by atoms with Gasteiger partial charge in [-0.3, -0.25) is 0 Å². The molecule has 106 valence electrons. The molecule has 0 saturated heterocycles. The van der Waals surface area contributed by atoms with Crippen LogP contribution < -0.4 is 10.5 Å². The second-order valence-corrected chi connectivity index (χ2v) is 4.72. The van der Waals surface area contributed by atoms with Gasteiger partial charge in [0.2, 0.25) is 0 Å². The molecule has 3 rings (SSSR count). The van der Waals surface area contributed by atoms with Gasteiger partial charge in [0.25, 0.3) is 0 Å². The molecule has 0 unspecified atom stereocenters. The predicted molar refractivity (Wildman–Crippen MR) is 80.6 cm³/mol. The van der Waals surface area contributed by atoms with Crippen LogP contribution in [-0.4, -0.2) is 27.3 Å². The van der Waals surface area contributed by atoms with Gasteiger partial charge in [0.1, 0.15) is 5.75 Å². The molecule has 0 amide bonds. The molecule has 1 heterocycles. The van der Waals surface area contributed by atoms with E-state index in [4.69, 9.17) is 22.1 Å². The maximum Gasteiger partial charge on any atom is 0.190 e. The van der Waals surface area contributed by atoms with E-state index in [1.165, 1.54) is 0 Å². The first-order valence-corrected chi connectivity index (χ1v) is 6.55. The first-order chi connectivity index (χ1) is 10.2. The Morgan fingerprint density at radius 1 is 1.14 bits per heavy atom. The quantitative estimate of drug-likeness (QED) is 0.752. The third-order valence-electron chi connectivity index (χ3n) is 3.06. The Bertz CT molecular complexity index is 749. The van der Waals surface area contributed by atoms with E-state index >= 15 is 0 Å². The summed E-state index contributed by atoms with van der Waals surface area (Å²) in [5.74, 6) is 1.24. The summed E-state index contributed by atoms with van der Waals surface area (Å²) in [6.07, 6.45) is 0. The fraction of sp³-hybridized carbons (Fsp3) is 0.0714. The molecule has 0 bridgehead atoms. The first kappa shape index (κ1) is 13.4. The highest BCUT2D eigenvalue weighted by molar-refractivity contribution is 6.33. The topological polar surface area (TPSA) is 78.8 Å². The summed E-state index contributed by atoms with van der Waals surface area (Å²) < 4.78 is 6.72. The zero-order valence-electron chi connectivity index (χ0n) is 11.2. The van der Waals surface area contributed by atoms with E-state index in [9.17, 15) is 0 Å². The van der Waals surface area contributed by atoms with Gasteiger partial charge in [0.05, 0.1) is 23.4 Å². The summed E-state index contributed by atoms with van der Waals surface area (Å²) in [7, 11) is 1.61. The van der Waals surface area contributed by atoms with Gasteiger partial charge in [-0.05, 0) is 46.8 Å². The van der Waals surface area contributed by atoms with Gasteiger partial charge in [-0.1, -0.05) is 17.7 Å². The molecule has 0 fully saturated rings. The number of nitrogen functional groups attached to an aromatic ring is 1. The summed E-state index contributed by atoms with van der Waals surface area (Å²) in [6, 6.07) is 12.7. The maximum atomic E-state index is 6.22. The zero-order chi connectivity index (χ0) is 14.8. The van der Waals surface area contributed by atoms with E-state index < -0.39 is 0 Å². The molecule has 0 aliphatic heterocycles. The molecule has 21 heavy (non-hydrogen) atoms. The lowest BCUT2D eigenvalue weighted by molar-refractivity contribution is 0.414. The molecule has 0 spiro atoms. The fourth-order valence-electron chi connectivity index (χ4n) is 2.02. The van der Waals surface area contributed by atoms with Crippen molar-refractivity contribution < 1.29 is 4.74 Å². The van der Waals surface area contributed by atoms with Crippen LogP contribution in [-0.2, 0) is 0 Å². The Hall–Kier alpha value is -2.60. The van der Waals surface area contributed by atoms with Crippen LogP contribution in [0.4, 0.5) is 5.69 Å². The van der Waals surface area contributed by atoms with Crippen LogP contribution in [0, 0.1) is 0 Å². The molecule has 0 aliphatic carbocycles. The molecule has 2 N–H and O–H groups in total. The van der Waals surface area contributed by atoms with E-state index in [1.54, 1.807) is 30.0 Å². The van der Waals surface area contributed by atoms with E-state index in [-0.39, 0.29) is 0 Å². The van der Waals surface area contributed by atoms with Crippen LogP contribution in [0.5, 0.6) is 5.75 Å². The summed E-state index contributed by atoms with van der Waals surface area (Å²) in [6.45, 7) is 0. The first-order valence-electron chi connectivity index (χ1n) is 6.18. The molecule has 1 aromatic heterocycles. The Kier molecular flexibility index (Phi) is 3.45. The highest BCUT2D eigenvalue weighted by Gasteiger charge is 2.16. The Morgan fingerprint density at radius 2 is 1.90 bits per heavy atom. The largest absolute Gasteiger partial charge is 0.497 e. The number of benzene rings is 2. The lowest BCUT2D eigenvalue weighted by atomic mass is 10.1. The summed E-state index contributed by atoms with van der Waals surface area (Å²) >= 11 is 6.22. The minimum Gasteiger partial charge on any atom is -0.497 e. The van der Waals surface area contributed by atoms with E-state index in [0.717, 1.165) is 11.4 Å². The van der Waals surface area contributed by atoms with Crippen molar-refractivity contribution in [3.8, 4) is 22.8 Å². The van der Waals surface area contributed by atoms with Gasteiger partial charge in [-0.15, -0.1) is 5.10 Å². The highest BCUT2D eigenvalue weighted by Crippen LogP contribution is 2.32. The van der Waals surface area contributed by atoms with Crippen molar-refractivity contribution in [2.45, 2.75) is 0 Å². The minimum absolute atomic E-state index is 0.489. The van der Waals surface area contributed by atoms with E-state index in [1.807, 2.05) is 24.3 Å². The van der Waals surface area contributed by atoms with Crippen molar-refractivity contribution in [1.82, 2.24) is 20.2 Å². The van der Waals surface area contributed by atoms with Gasteiger partial charge in [0, 0.05) is 5.69 Å². The molecule has 0 aliphatic rings. The lowest BCUT2D eigenvalue weighted by Crippen LogP contribution is -2.02. The fourth-order valence-corrected chi connectivity index (χ4v) is 2.28. The van der Waals surface area contributed by atoms with Crippen molar-refractivity contribution in [3.05, 3.63) is 47.5 Å². The average Bonchev–Trinajstić information content (AvgIpc) is 2.96. The van der Waals surface area contributed by atoms with E-state index in [0.29, 0.717) is 22.1 Å². The van der Waals surface area contributed by atoms with Crippen LogP contribution in [0.2, 0.25) is 5.02 Å². The number of nitrogens with zero attached hydrogens (tertiary/aromatic N) is 4. The Balaban J connectivity index is 2.12. The van der Waals surface area contributed by atoms with Crippen molar-refractivity contribution >= 4 is 17.3 Å². The van der Waals surface area contributed by atoms with Gasteiger partial charge in [0.15, 0.2) is 5.82 Å². The molecule has 6 nitrogen and oxygen atoms in total. The number of ether oxygens (including phenoxy) is 1. The Labute approximate surface area is 126 Å². The third-order valence-corrected chi connectivity index (χ3v) is 3.37. The minimum atomic E-state index is 0.489. The van der Waals surface area contributed by atoms with Crippen LogP contribution in [0.15, 0.2) is 42.5 Å². The maximum absolute atomic E-state index is 6.22. The second-order valence-electron chi connectivity index (χ2n) is 4.32. The SMILES string of the molecule is COc1ccc(-n2nnnc2-c2c(N)cccc2Cl)cc1. The molecule has 0 atom stereocenters. The number of rotatable bonds is 3. The lowest BCUT2D eigenvalue weighted by Gasteiger charge is -2.09. The number of nitrogens with two attached hydrogens (primary N) is 1. The third kappa shape index (κ3) is 2.41. The molecule has 0 saturated carbocycles. The van der Waals surface area contributed by atoms with Crippen LogP contribution in [0.25, 0.3) is 17.1 Å². The number of hydrogen-bond acceptors (Lipinski definition) is 5. The van der Waals surface area contributed by atoms with Crippen molar-refractivity contribution in [1.29, 1.82) is 0 Å². The summed E-state index contributed by atoms with van der Waals surface area (Å²) in [5, 5.41) is 12.3. The molecular weight excluding hydrogens is 290 g/mol. The molecule has 0 radical (unpaired) electrons. The van der Waals surface area contributed by atoms with Crippen LogP contribution in [0.3, 0.4) is 0 Å². The normalized spacial score (nSPS) is 10.6. The number of hydrogen-bond donors (Lipinski definition) is 1. The summed E-state index contributed by atoms with van der Waals surface area (Å²) in [4.78, 5) is 0. The van der Waals surface area contributed by atoms with Crippen molar-refractivity contribution in [2.75, 3.05) is 12.8 Å². The zero-order valence-corrected chi connectivity index (χ0v) is 11.9. The second kappa shape index (κ2) is 5.41. The smallest absolute Gasteiger partial charge is 0.190 e. The number of methoxy groups -OCH3 is 1. The highest BCUT2D eigenvalue weighted by atomic mass is 35.5. The molecule has 2 aromatic carbocycles. The molecular formula is C14H12ClN5O. The van der Waals surface area contributed by atoms with Gasteiger partial charge >= 0.3 is 0 Å². The molecule has 3 aromatic rings. The number of tetrazole rings is 1. The summed E-state index contributed by atoms with van der Waals surface area (Å²) in [5.41, 5.74) is 7.91. The predicted octanol–water partition coefficient (Wildman–Crippen LogP) is 2.57. The van der Waals surface area contributed by atoms with Gasteiger partial charge in [-0.2, -0.15) is 4.68 Å². The van der Waals surface area contributed by atoms with Gasteiger partial charge < -0.3 is 10.5 Å². The number of halogens is 1. The van der Waals surface area contributed by atoms with Crippen molar-refractivity contribution in [2.24, 2.45) is 0 Å². The molecule has 7 heteroatoms. The number of aromatic nitrogens is 4. The number of anilines is 1. The van der Waals surface area contributed by atoms with Gasteiger partial charge in [-0.25, -0.2) is 0 Å². The standard InChI is InChI=1S/C14H12ClN5O/c1-21-10-7-5-9(6-8-10)20-14(17-18-19-20)13-11(15)3-2-4-12(13)16/h2-8H,16H2,1H3. The Morgan fingerprint density at radius 3 is 2.57 bits per heavy atom. The monoisotopic (exact) mass is 301 g/mol. The van der Waals surface area contributed by atoms with E-state index in [2.05, 4.69) is 15.5 Å².